The number of carbonyl (C=O) groups excluding carboxylic acids is 5. The van der Waals surface area contributed by atoms with Gasteiger partial charge in [-0.05, 0) is 287 Å². The number of furan rings is 4. The number of nitrogens with zero attached hydrogens (tertiary/aromatic N) is 2. The zero-order chi connectivity index (χ0) is 86.6. The maximum Gasteiger partial charge on any atom is 0.333 e. The fourth-order valence-electron chi connectivity index (χ4n) is 20.5. The van der Waals surface area contributed by atoms with Crippen molar-refractivity contribution in [3.63, 3.8) is 0 Å². The van der Waals surface area contributed by atoms with Crippen LogP contribution in [0.25, 0.3) is 0 Å². The number of hydrogen-bond donors (Lipinski definition) is 11. The number of rotatable bonds is 12. The van der Waals surface area contributed by atoms with E-state index in [1.165, 1.54) is 68.8 Å². The number of fused-ring (bicyclic) bond motifs is 12. The first kappa shape index (κ1) is 86.9. The molecule has 11 N–H and O–H groups in total. The number of oxime groups is 2. The zero-order valence-corrected chi connectivity index (χ0v) is 72.7. The van der Waals surface area contributed by atoms with Gasteiger partial charge in [-0.1, -0.05) is 76.6 Å². The van der Waals surface area contributed by atoms with Crippen LogP contribution in [0.4, 0.5) is 41.9 Å². The Labute approximate surface area is 721 Å². The molecule has 0 spiro atoms. The van der Waals surface area contributed by atoms with Gasteiger partial charge in [0.25, 0.3) is 40.1 Å². The number of carbonyl (C=O) groups is 5. The van der Waals surface area contributed by atoms with Crippen molar-refractivity contribution in [2.24, 2.45) is 27.1 Å². The van der Waals surface area contributed by atoms with E-state index in [-0.39, 0.29) is 45.4 Å². The van der Waals surface area contributed by atoms with Crippen molar-refractivity contribution < 1.29 is 90.8 Å². The fourth-order valence-corrected chi connectivity index (χ4v) is 24.0. The number of ketones is 1. The third kappa shape index (κ3) is 17.2. The molecule has 660 valence electrons. The summed E-state index contributed by atoms with van der Waals surface area (Å²) in [7, 11) is -16.9. The molecule has 0 bridgehead atoms. The summed E-state index contributed by atoms with van der Waals surface area (Å²) in [6.45, 7) is 9.61. The van der Waals surface area contributed by atoms with Crippen LogP contribution >= 0.6 is 0 Å². The van der Waals surface area contributed by atoms with Crippen LogP contribution in [0.15, 0.2) is 96.9 Å². The van der Waals surface area contributed by atoms with Gasteiger partial charge in [-0.25, -0.2) is 38.1 Å². The molecule has 0 fully saturated rings. The largest absolute Gasteiger partial charge is 0.447 e. The highest BCUT2D eigenvalue weighted by atomic mass is 32.2. The van der Waals surface area contributed by atoms with E-state index < -0.39 is 80.8 Å². The highest BCUT2D eigenvalue weighted by Gasteiger charge is 2.42. The average Bonchev–Trinajstić information content (AvgIpc) is 1.63. The minimum Gasteiger partial charge on any atom is -0.447 e. The molecule has 4 heterocycles. The Morgan fingerprint density at radius 1 is 0.379 bits per heavy atom. The fraction of sp³-hybridized carbons (Fsp3) is 0.478. The summed E-state index contributed by atoms with van der Waals surface area (Å²) >= 11 is 0. The molecule has 4 aromatic heterocycles. The number of Topliss-reactive ketones (excluding diaryl/α,β-unsaturated/α-hetero) is 1. The summed E-state index contributed by atoms with van der Waals surface area (Å²) in [6, 6.07) is 11.0. The Hall–Kier alpha value is -10.6. The minimum absolute atomic E-state index is 0. The quantitative estimate of drug-likeness (QED) is 0.0400. The standard InChI is InChI=1S/C23H27N3O5S.C23H26N2O5S.C22H25N3O5S.C21H24N2O5S.CH4/c1-23(2)11-18(25-28)17-10-20(31-19(17)12-23)32(29,30)26-22(27)24-21-15-7-3-5-13(15)9-14-6-4-8-16(14)21;1-23(2)10-9-18-17(21(23)26)12-19(30-18)31(28,29)25-22(27)24-20-15-7-3-5-13(15)11-14-6-4-8-16(14)20;1-12-8-18(24-27)17-11-20(30-19(17)9-12)31(28,29)25-22(26)23-21-15-6-2-4-13(15)10-14-5-3-7-16(14)21;24-17-8-3-9-18-16(17)11-19(28-18)29(26,27)23-21(25)22-20-14-6-1-4-12(14)10-13-5-2-7-15(13)20;/h9-10,28H,3-8,11-12H2,1-2H3,(H2,24,26,27);11-12H,3-10H2,1-2H3,(H2,24,25,27);10-12,27H,2-9H2,1H3,(H2,23,25,26);10-11,17,24H,1-9H2,(H2,22,23,25);1H4/b25-18-;;24-18-;;. The molecule has 0 aliphatic heterocycles. The molecule has 0 radical (unpaired) electrons. The van der Waals surface area contributed by atoms with Gasteiger partial charge in [0.2, 0.25) is 20.4 Å². The molecular weight excluding hydrogens is 1670 g/mol. The van der Waals surface area contributed by atoms with Crippen molar-refractivity contribution in [3.8, 4) is 0 Å². The first-order valence-electron chi connectivity index (χ1n) is 42.8. The molecule has 8 aromatic rings. The number of nitrogens with one attached hydrogen (secondary N) is 8. The predicted molar refractivity (Wildman–Crippen MR) is 461 cm³/mol. The molecule has 8 amide bonds. The van der Waals surface area contributed by atoms with Crippen LogP contribution in [0.5, 0.6) is 0 Å². The normalized spacial score (nSPS) is 19.8. The van der Waals surface area contributed by atoms with Crippen LogP contribution in [-0.2, 0) is 169 Å². The predicted octanol–water partition coefficient (Wildman–Crippen LogP) is 15.1. The van der Waals surface area contributed by atoms with E-state index in [1.807, 2.05) is 34.6 Å². The van der Waals surface area contributed by atoms with Crippen molar-refractivity contribution in [1.82, 2.24) is 18.9 Å². The molecule has 4 aromatic carbocycles. The van der Waals surface area contributed by atoms with Crippen LogP contribution in [0.2, 0.25) is 0 Å². The molecule has 2 atom stereocenters. The minimum atomic E-state index is -4.24. The molecule has 0 saturated heterocycles. The summed E-state index contributed by atoms with van der Waals surface area (Å²) in [6.07, 6.45) is 27.6. The second kappa shape index (κ2) is 33.7. The Morgan fingerprint density at radius 3 is 1.04 bits per heavy atom. The van der Waals surface area contributed by atoms with Crippen LogP contribution in [0.1, 0.15) is 271 Å². The molecule has 2 unspecified atom stereocenters. The summed E-state index contributed by atoms with van der Waals surface area (Å²) in [5.41, 5.74) is 23.8. The Morgan fingerprint density at radius 2 is 0.694 bits per heavy atom. The summed E-state index contributed by atoms with van der Waals surface area (Å²) < 4.78 is 133. The molecular formula is C90H106N10O20S4. The van der Waals surface area contributed by atoms with Gasteiger partial charge in [-0.3, -0.25) is 4.79 Å². The molecule has 20 rings (SSSR count). The van der Waals surface area contributed by atoms with Crippen LogP contribution in [0, 0.1) is 16.7 Å². The lowest BCUT2D eigenvalue weighted by Gasteiger charge is -2.28. The van der Waals surface area contributed by atoms with Gasteiger partial charge in [-0.15, -0.1) is 0 Å². The number of aryl methyl sites for hydroxylation is 10. The molecule has 34 heteroatoms. The second-order valence-corrected chi connectivity index (χ2v) is 42.5. The van der Waals surface area contributed by atoms with Gasteiger partial charge in [0.1, 0.15) is 23.0 Å². The third-order valence-corrected chi connectivity index (χ3v) is 31.0. The van der Waals surface area contributed by atoms with Gasteiger partial charge in [0, 0.05) is 94.8 Å². The summed E-state index contributed by atoms with van der Waals surface area (Å²) in [5.74, 6) is 1.75. The number of aliphatic hydroxyl groups excluding tert-OH is 1. The van der Waals surface area contributed by atoms with Gasteiger partial charge in [-0.2, -0.15) is 33.7 Å². The summed E-state index contributed by atoms with van der Waals surface area (Å²) in [5, 5.41) is 45.1. The number of benzene rings is 4. The van der Waals surface area contributed by atoms with Gasteiger partial charge in [0.15, 0.2) is 5.78 Å². The monoisotopic (exact) mass is 1770 g/mol. The number of aliphatic hydroxyl groups is 1. The van der Waals surface area contributed by atoms with Crippen molar-refractivity contribution >= 4 is 104 Å². The topological polar surface area (TPSA) is 456 Å². The second-order valence-electron chi connectivity index (χ2n) is 36.1. The van der Waals surface area contributed by atoms with E-state index in [9.17, 15) is 73.2 Å². The smallest absolute Gasteiger partial charge is 0.333 e. The van der Waals surface area contributed by atoms with Crippen molar-refractivity contribution in [2.45, 2.75) is 280 Å². The molecule has 0 saturated carbocycles. The van der Waals surface area contributed by atoms with E-state index >= 15 is 0 Å². The lowest BCUT2D eigenvalue weighted by atomic mass is 9.76. The highest BCUT2D eigenvalue weighted by molar-refractivity contribution is 7.90. The Kier molecular flexibility index (Phi) is 23.7. The van der Waals surface area contributed by atoms with Crippen molar-refractivity contribution in [3.05, 3.63) is 183 Å². The van der Waals surface area contributed by atoms with E-state index in [1.54, 1.807) is 0 Å². The molecule has 12 aliphatic carbocycles. The number of amides is 8. The molecule has 12 aliphatic rings. The van der Waals surface area contributed by atoms with Crippen LogP contribution in [-0.4, -0.2) is 90.5 Å². The number of sulfonamides is 4. The maximum atomic E-state index is 12.9. The first-order valence-corrected chi connectivity index (χ1v) is 48.7. The van der Waals surface area contributed by atoms with Gasteiger partial charge < -0.3 is 54.5 Å². The van der Waals surface area contributed by atoms with E-state index in [0.717, 1.165) is 228 Å². The molecule has 30 nitrogen and oxygen atoms in total. The van der Waals surface area contributed by atoms with E-state index in [4.69, 9.17) is 17.7 Å². The maximum absolute atomic E-state index is 12.9. The van der Waals surface area contributed by atoms with Gasteiger partial charge >= 0.3 is 24.1 Å². The van der Waals surface area contributed by atoms with Crippen LogP contribution < -0.4 is 40.2 Å². The third-order valence-electron chi connectivity index (χ3n) is 26.3. The van der Waals surface area contributed by atoms with Crippen molar-refractivity contribution in [1.29, 1.82) is 0 Å². The van der Waals surface area contributed by atoms with E-state index in [2.05, 4.69) is 74.7 Å². The van der Waals surface area contributed by atoms with Gasteiger partial charge in [0.05, 0.1) is 23.1 Å². The Balaban J connectivity index is 0.000000122. The number of urea groups is 4. The summed E-state index contributed by atoms with van der Waals surface area (Å²) in [4.78, 5) is 63.4. The average molecular weight is 1780 g/mol. The van der Waals surface area contributed by atoms with Crippen LogP contribution in [0.3, 0.4) is 0 Å². The zero-order valence-electron chi connectivity index (χ0n) is 69.4. The SMILES string of the molecule is C.CC1(C)C/C(=N/O)c2cc(S(=O)(=O)NC(=O)Nc3c4c(cc5c3CCC5)CCC4)oc2C1.CC1(C)CCc2oc(S(=O)(=O)NC(=O)Nc3c4c(cc5c3CCC5)CCC4)cc2C1=O.CC1C/C(=N/O)c2cc(S(=O)(=O)NC(=O)Nc3c4c(cc5c3CCC5)CCC4)oc2C1.O=C(Nc1c2c(cc3c1CCC3)CCC2)NS(=O)(=O)c1cc2c(o1)CCCC2O. The Bertz CT molecular complexity index is 6170. The number of anilines is 4. The highest BCUT2D eigenvalue weighted by Crippen LogP contribution is 2.46. The van der Waals surface area contributed by atoms with E-state index in [0.29, 0.717) is 103 Å². The number of hydrogen-bond acceptors (Lipinski definition) is 22. The lowest BCUT2D eigenvalue weighted by molar-refractivity contribution is 0.0804. The van der Waals surface area contributed by atoms with Crippen molar-refractivity contribution in [2.75, 3.05) is 21.3 Å². The lowest BCUT2D eigenvalue weighted by Crippen LogP contribution is -2.34. The first-order chi connectivity index (χ1) is 58.6. The molecule has 124 heavy (non-hydrogen) atoms.